The van der Waals surface area contributed by atoms with Gasteiger partial charge in [0.2, 0.25) is 0 Å². The van der Waals surface area contributed by atoms with Gasteiger partial charge in [-0.2, -0.15) is 0 Å². The van der Waals surface area contributed by atoms with Gasteiger partial charge in [-0.25, -0.2) is 0 Å². The standard InChI is InChI=1S/C9H12NO/c1-2-10-7-8-5-3-4-6-9(8)11/h2-6,10-11H,7H2,1H3. The van der Waals surface area contributed by atoms with E-state index in [-0.39, 0.29) is 0 Å². The van der Waals surface area contributed by atoms with Crippen LogP contribution in [0.5, 0.6) is 5.75 Å². The molecule has 0 unspecified atom stereocenters. The summed E-state index contributed by atoms with van der Waals surface area (Å²) >= 11 is 0. The lowest BCUT2D eigenvalue weighted by atomic mass is 10.2. The molecule has 0 saturated heterocycles. The molecule has 0 aliphatic carbocycles. The third-order valence-electron chi connectivity index (χ3n) is 1.49. The van der Waals surface area contributed by atoms with E-state index < -0.39 is 0 Å². The summed E-state index contributed by atoms with van der Waals surface area (Å²) in [7, 11) is 0. The van der Waals surface area contributed by atoms with Crippen molar-refractivity contribution in [1.82, 2.24) is 5.32 Å². The van der Waals surface area contributed by atoms with Gasteiger partial charge in [-0.15, -0.1) is 0 Å². The number of nitrogens with one attached hydrogen (secondary N) is 1. The largest absolute Gasteiger partial charge is 0.508 e. The molecule has 1 aromatic carbocycles. The highest BCUT2D eigenvalue weighted by molar-refractivity contribution is 5.31. The van der Waals surface area contributed by atoms with Crippen molar-refractivity contribution in [1.29, 1.82) is 0 Å². The van der Waals surface area contributed by atoms with E-state index in [4.69, 9.17) is 0 Å². The van der Waals surface area contributed by atoms with E-state index in [1.165, 1.54) is 0 Å². The topological polar surface area (TPSA) is 32.3 Å². The van der Waals surface area contributed by atoms with Gasteiger partial charge in [0.05, 0.1) is 0 Å². The summed E-state index contributed by atoms with van der Waals surface area (Å²) in [5.41, 5.74) is 0.922. The average molecular weight is 150 g/mol. The fraction of sp³-hybridized carbons (Fsp3) is 0.222. The third kappa shape index (κ3) is 2.24. The van der Waals surface area contributed by atoms with Gasteiger partial charge < -0.3 is 10.4 Å². The van der Waals surface area contributed by atoms with Crippen LogP contribution < -0.4 is 5.32 Å². The fourth-order valence-electron chi connectivity index (χ4n) is 0.872. The van der Waals surface area contributed by atoms with E-state index >= 15 is 0 Å². The smallest absolute Gasteiger partial charge is 0.120 e. The quantitative estimate of drug-likeness (QED) is 0.686. The van der Waals surface area contributed by atoms with Crippen LogP contribution in [0.4, 0.5) is 0 Å². The summed E-state index contributed by atoms with van der Waals surface area (Å²) in [6.45, 7) is 4.45. The number of para-hydroxylation sites is 1. The first kappa shape index (κ1) is 8.08. The molecule has 0 heterocycles. The first-order valence-corrected chi connectivity index (χ1v) is 3.62. The van der Waals surface area contributed by atoms with Crippen molar-refractivity contribution in [2.24, 2.45) is 0 Å². The van der Waals surface area contributed by atoms with Gasteiger partial charge in [-0.05, 0) is 13.0 Å². The van der Waals surface area contributed by atoms with Gasteiger partial charge in [0.25, 0.3) is 0 Å². The highest BCUT2D eigenvalue weighted by Crippen LogP contribution is 2.14. The van der Waals surface area contributed by atoms with Gasteiger partial charge in [0, 0.05) is 18.7 Å². The molecule has 11 heavy (non-hydrogen) atoms. The maximum absolute atomic E-state index is 9.28. The zero-order valence-corrected chi connectivity index (χ0v) is 6.54. The summed E-state index contributed by atoms with van der Waals surface area (Å²) in [5.74, 6) is 0.349. The highest BCUT2D eigenvalue weighted by Gasteiger charge is 1.96. The maximum atomic E-state index is 9.28. The molecule has 0 aromatic heterocycles. The van der Waals surface area contributed by atoms with Crippen molar-refractivity contribution < 1.29 is 5.11 Å². The van der Waals surface area contributed by atoms with E-state index in [9.17, 15) is 5.11 Å². The molecule has 1 aromatic rings. The molecule has 59 valence electrons. The summed E-state index contributed by atoms with van der Waals surface area (Å²) < 4.78 is 0. The van der Waals surface area contributed by atoms with Gasteiger partial charge in [0.1, 0.15) is 5.75 Å². The molecule has 1 rings (SSSR count). The lowest BCUT2D eigenvalue weighted by Crippen LogP contribution is -2.06. The Morgan fingerprint density at radius 2 is 2.18 bits per heavy atom. The normalized spacial score (nSPS) is 9.91. The van der Waals surface area contributed by atoms with Crippen LogP contribution in [0.15, 0.2) is 24.3 Å². The summed E-state index contributed by atoms with van der Waals surface area (Å²) in [6, 6.07) is 7.30. The van der Waals surface area contributed by atoms with Crippen molar-refractivity contribution in [3.8, 4) is 5.75 Å². The van der Waals surface area contributed by atoms with Crippen LogP contribution in [0.1, 0.15) is 12.5 Å². The predicted octanol–water partition coefficient (Wildman–Crippen LogP) is 1.66. The number of hydrogen-bond acceptors (Lipinski definition) is 2. The number of phenolic OH excluding ortho intramolecular Hbond substituents is 1. The minimum absolute atomic E-state index is 0.349. The molecule has 0 spiro atoms. The van der Waals surface area contributed by atoms with Crippen molar-refractivity contribution >= 4 is 0 Å². The van der Waals surface area contributed by atoms with Gasteiger partial charge in [-0.3, -0.25) is 0 Å². The molecule has 2 N–H and O–H groups in total. The van der Waals surface area contributed by atoms with Crippen molar-refractivity contribution in [2.45, 2.75) is 13.5 Å². The van der Waals surface area contributed by atoms with E-state index in [0.717, 1.165) is 5.56 Å². The lowest BCUT2D eigenvalue weighted by molar-refractivity contribution is 0.466. The second-order valence-electron chi connectivity index (χ2n) is 2.30. The summed E-state index contributed by atoms with van der Waals surface area (Å²) in [4.78, 5) is 0. The average Bonchev–Trinajstić information content (AvgIpc) is 2.03. The van der Waals surface area contributed by atoms with Gasteiger partial charge in [0.15, 0.2) is 0 Å². The molecular formula is C9H12NO. The lowest BCUT2D eigenvalue weighted by Gasteiger charge is -2.02. The molecule has 0 atom stereocenters. The number of phenols is 1. The molecule has 0 amide bonds. The predicted molar refractivity (Wildman–Crippen MR) is 44.9 cm³/mol. The van der Waals surface area contributed by atoms with E-state index in [2.05, 4.69) is 5.32 Å². The van der Waals surface area contributed by atoms with Crippen molar-refractivity contribution in [2.75, 3.05) is 0 Å². The van der Waals surface area contributed by atoms with Crippen LogP contribution in [0.3, 0.4) is 0 Å². The Balaban J connectivity index is 2.62. The van der Waals surface area contributed by atoms with E-state index in [1.807, 2.05) is 31.7 Å². The van der Waals surface area contributed by atoms with Crippen LogP contribution in [0.25, 0.3) is 0 Å². The Morgan fingerprint density at radius 1 is 1.45 bits per heavy atom. The van der Waals surface area contributed by atoms with E-state index in [0.29, 0.717) is 12.3 Å². The molecule has 2 heteroatoms. The Morgan fingerprint density at radius 3 is 2.82 bits per heavy atom. The summed E-state index contributed by atoms with van der Waals surface area (Å²) in [6.07, 6.45) is 0. The van der Waals surface area contributed by atoms with E-state index in [1.54, 1.807) is 6.07 Å². The Hall–Kier alpha value is -1.02. The SMILES string of the molecule is C[CH]NCc1ccccc1O. The molecule has 0 fully saturated rings. The molecule has 1 radical (unpaired) electrons. The second-order valence-corrected chi connectivity index (χ2v) is 2.30. The molecule has 2 nitrogen and oxygen atoms in total. The number of hydrogen-bond donors (Lipinski definition) is 2. The highest BCUT2D eigenvalue weighted by atomic mass is 16.3. The van der Waals surface area contributed by atoms with Gasteiger partial charge >= 0.3 is 0 Å². The molecule has 0 aliphatic heterocycles. The Kier molecular flexibility index (Phi) is 2.93. The second kappa shape index (κ2) is 3.98. The molecule has 0 bridgehead atoms. The minimum Gasteiger partial charge on any atom is -0.508 e. The number of rotatable bonds is 3. The number of benzene rings is 1. The monoisotopic (exact) mass is 150 g/mol. The fourth-order valence-corrected chi connectivity index (χ4v) is 0.872. The van der Waals surface area contributed by atoms with Crippen molar-refractivity contribution in [3.63, 3.8) is 0 Å². The zero-order chi connectivity index (χ0) is 8.10. The maximum Gasteiger partial charge on any atom is 0.120 e. The molecule has 0 saturated carbocycles. The van der Waals surface area contributed by atoms with Crippen LogP contribution >= 0.6 is 0 Å². The Bertz CT molecular complexity index is 223. The summed E-state index contributed by atoms with van der Waals surface area (Å²) in [5, 5.41) is 12.3. The van der Waals surface area contributed by atoms with Crippen LogP contribution in [-0.2, 0) is 6.54 Å². The minimum atomic E-state index is 0.349. The Labute approximate surface area is 66.9 Å². The molecular weight excluding hydrogens is 138 g/mol. The molecule has 0 aliphatic rings. The zero-order valence-electron chi connectivity index (χ0n) is 6.54. The number of aromatic hydroxyl groups is 1. The van der Waals surface area contributed by atoms with Crippen LogP contribution in [0, 0.1) is 6.54 Å². The van der Waals surface area contributed by atoms with Crippen LogP contribution in [0.2, 0.25) is 0 Å². The first-order chi connectivity index (χ1) is 5.34. The van der Waals surface area contributed by atoms with Crippen molar-refractivity contribution in [3.05, 3.63) is 36.4 Å². The van der Waals surface area contributed by atoms with Crippen LogP contribution in [-0.4, -0.2) is 5.11 Å². The first-order valence-electron chi connectivity index (χ1n) is 3.62. The van der Waals surface area contributed by atoms with Gasteiger partial charge in [-0.1, -0.05) is 18.2 Å². The third-order valence-corrected chi connectivity index (χ3v) is 1.49.